The monoisotopic (exact) mass is 466 g/mol. The van der Waals surface area contributed by atoms with Gasteiger partial charge in [-0.1, -0.05) is 30.3 Å². The summed E-state index contributed by atoms with van der Waals surface area (Å²) in [7, 11) is -4.39. The van der Waals surface area contributed by atoms with Crippen molar-refractivity contribution in [1.82, 2.24) is 29.4 Å². The maximum absolute atomic E-state index is 14.0. The molecule has 0 saturated carbocycles. The molecule has 1 fully saturated rings. The molecule has 32 heavy (non-hydrogen) atoms. The molecule has 2 aromatic carbocycles. The molecule has 2 heterocycles. The van der Waals surface area contributed by atoms with Gasteiger partial charge in [0.2, 0.25) is 21.8 Å². The van der Waals surface area contributed by atoms with Crippen molar-refractivity contribution >= 4 is 15.9 Å². The van der Waals surface area contributed by atoms with Crippen LogP contribution in [0.3, 0.4) is 0 Å². The van der Waals surface area contributed by atoms with Crippen molar-refractivity contribution in [2.24, 2.45) is 0 Å². The third kappa shape index (κ3) is 4.21. The minimum Gasteiger partial charge on any atom is -0.338 e. The van der Waals surface area contributed by atoms with Crippen LogP contribution in [0.4, 0.5) is 13.2 Å². The largest absolute Gasteiger partial charge is 0.338 e. The molecule has 13 heteroatoms. The minimum absolute atomic E-state index is 0.0313. The maximum atomic E-state index is 14.0. The fraction of sp³-hybridized carbons (Fsp3) is 0.263. The lowest BCUT2D eigenvalue weighted by atomic mass is 10.2. The topological polar surface area (TPSA) is 101 Å². The van der Waals surface area contributed by atoms with Gasteiger partial charge >= 0.3 is 0 Å². The molecule has 4 rings (SSSR count). The number of rotatable bonds is 5. The summed E-state index contributed by atoms with van der Waals surface area (Å²) in [6, 6.07) is 10.3. The van der Waals surface area contributed by atoms with E-state index in [9.17, 15) is 26.4 Å². The van der Waals surface area contributed by atoms with Crippen molar-refractivity contribution in [2.75, 3.05) is 26.2 Å². The van der Waals surface area contributed by atoms with Gasteiger partial charge in [0.1, 0.15) is 11.4 Å². The summed E-state index contributed by atoms with van der Waals surface area (Å²) < 4.78 is 66.8. The quantitative estimate of drug-likeness (QED) is 0.526. The Morgan fingerprint density at radius 1 is 0.938 bits per heavy atom. The lowest BCUT2D eigenvalue weighted by Crippen LogP contribution is -2.51. The van der Waals surface area contributed by atoms with Gasteiger partial charge in [0.05, 0.1) is 0 Å². The number of aromatic nitrogens is 4. The van der Waals surface area contributed by atoms with Crippen LogP contribution in [0.1, 0.15) is 0 Å². The van der Waals surface area contributed by atoms with E-state index >= 15 is 0 Å². The van der Waals surface area contributed by atoms with E-state index in [-0.39, 0.29) is 38.6 Å². The normalized spacial score (nSPS) is 15.2. The van der Waals surface area contributed by atoms with E-state index in [4.69, 9.17) is 0 Å². The first kappa shape index (κ1) is 21.9. The Morgan fingerprint density at radius 3 is 2.31 bits per heavy atom. The Bertz CT molecular complexity index is 1240. The Hall–Kier alpha value is -3.32. The number of piperazine rings is 1. The highest BCUT2D eigenvalue weighted by Gasteiger charge is 2.33. The van der Waals surface area contributed by atoms with Crippen LogP contribution in [0.5, 0.6) is 0 Å². The summed E-state index contributed by atoms with van der Waals surface area (Å²) in [5.74, 6) is -5.08. The van der Waals surface area contributed by atoms with Gasteiger partial charge in [0, 0.05) is 31.7 Å². The molecule has 1 amide bonds. The standard InChI is InChI=1S/C19H17F3N6O3S/c20-14-6-7-15(18(22)17(14)21)32(30,31)27-10-8-26(9-11-27)16(29)12-28-24-19(23-25-28)13-4-2-1-3-5-13/h1-7H,8-12H2. The van der Waals surface area contributed by atoms with Crippen LogP contribution in [-0.2, 0) is 21.4 Å². The minimum atomic E-state index is -4.39. The molecule has 0 unspecified atom stereocenters. The van der Waals surface area contributed by atoms with Crippen LogP contribution in [0, 0.1) is 17.5 Å². The molecular weight excluding hydrogens is 449 g/mol. The maximum Gasteiger partial charge on any atom is 0.246 e. The van der Waals surface area contributed by atoms with Crippen LogP contribution in [0.25, 0.3) is 11.4 Å². The SMILES string of the molecule is O=C(Cn1nnc(-c2ccccc2)n1)N1CCN(S(=O)(=O)c2ccc(F)c(F)c2F)CC1. The molecule has 168 valence electrons. The van der Waals surface area contributed by atoms with Crippen molar-refractivity contribution in [2.45, 2.75) is 11.4 Å². The number of halogens is 3. The van der Waals surface area contributed by atoms with Gasteiger partial charge in [-0.3, -0.25) is 4.79 Å². The summed E-state index contributed by atoms with van der Waals surface area (Å²) in [5.41, 5.74) is 0.745. The zero-order chi connectivity index (χ0) is 22.9. The summed E-state index contributed by atoms with van der Waals surface area (Å²) in [6.45, 7) is -0.392. The second-order valence-corrected chi connectivity index (χ2v) is 8.87. The van der Waals surface area contributed by atoms with Crippen molar-refractivity contribution in [3.8, 4) is 11.4 Å². The highest BCUT2D eigenvalue weighted by molar-refractivity contribution is 7.89. The predicted octanol–water partition coefficient (Wildman–Crippen LogP) is 1.29. The predicted molar refractivity (Wildman–Crippen MR) is 105 cm³/mol. The van der Waals surface area contributed by atoms with Gasteiger partial charge in [-0.15, -0.1) is 10.2 Å². The number of tetrazole rings is 1. The molecule has 0 bridgehead atoms. The number of hydrogen-bond donors (Lipinski definition) is 0. The molecule has 0 aliphatic carbocycles. The van der Waals surface area contributed by atoms with E-state index in [0.717, 1.165) is 14.7 Å². The third-order valence-electron chi connectivity index (χ3n) is 4.97. The summed E-state index contributed by atoms with van der Waals surface area (Å²) in [5, 5.41) is 11.9. The van der Waals surface area contributed by atoms with Crippen molar-refractivity contribution in [3.05, 3.63) is 59.9 Å². The number of nitrogens with zero attached hydrogens (tertiary/aromatic N) is 6. The van der Waals surface area contributed by atoms with Crippen LogP contribution in [-0.4, -0.2) is 69.9 Å². The number of hydrogen-bond acceptors (Lipinski definition) is 6. The number of amides is 1. The van der Waals surface area contributed by atoms with Crippen LogP contribution < -0.4 is 0 Å². The molecule has 1 aliphatic rings. The van der Waals surface area contributed by atoms with E-state index in [1.807, 2.05) is 18.2 Å². The zero-order valence-electron chi connectivity index (χ0n) is 16.5. The first-order valence-electron chi connectivity index (χ1n) is 9.52. The molecule has 0 atom stereocenters. The number of benzene rings is 2. The summed E-state index contributed by atoms with van der Waals surface area (Å²) in [4.78, 5) is 14.2. The van der Waals surface area contributed by atoms with Crippen LogP contribution >= 0.6 is 0 Å². The first-order valence-corrected chi connectivity index (χ1v) is 11.0. The molecular formula is C19H17F3N6O3S. The van der Waals surface area contributed by atoms with E-state index in [1.165, 1.54) is 4.90 Å². The molecule has 3 aromatic rings. The number of carbonyl (C=O) groups excluding carboxylic acids is 1. The highest BCUT2D eigenvalue weighted by Crippen LogP contribution is 2.24. The fourth-order valence-electron chi connectivity index (χ4n) is 3.26. The molecule has 0 spiro atoms. The zero-order valence-corrected chi connectivity index (χ0v) is 17.3. The molecule has 9 nitrogen and oxygen atoms in total. The van der Waals surface area contributed by atoms with Gasteiger partial charge in [0.25, 0.3) is 0 Å². The van der Waals surface area contributed by atoms with E-state index in [0.29, 0.717) is 18.0 Å². The van der Waals surface area contributed by atoms with Gasteiger partial charge < -0.3 is 4.90 Å². The average molecular weight is 466 g/mol. The average Bonchev–Trinajstić information content (AvgIpc) is 3.26. The Morgan fingerprint density at radius 2 is 1.62 bits per heavy atom. The summed E-state index contributed by atoms with van der Waals surface area (Å²) >= 11 is 0. The van der Waals surface area contributed by atoms with Crippen molar-refractivity contribution < 1.29 is 26.4 Å². The second-order valence-electron chi connectivity index (χ2n) is 6.97. The number of carbonyl (C=O) groups is 1. The van der Waals surface area contributed by atoms with Crippen molar-refractivity contribution in [1.29, 1.82) is 0 Å². The van der Waals surface area contributed by atoms with Crippen LogP contribution in [0.15, 0.2) is 47.4 Å². The number of sulfonamides is 1. The lowest BCUT2D eigenvalue weighted by molar-refractivity contribution is -0.133. The lowest BCUT2D eigenvalue weighted by Gasteiger charge is -2.33. The molecule has 0 radical (unpaired) electrons. The second kappa shape index (κ2) is 8.67. The Labute approximate surface area is 181 Å². The van der Waals surface area contributed by atoms with Gasteiger partial charge in [-0.25, -0.2) is 21.6 Å². The molecule has 1 aliphatic heterocycles. The van der Waals surface area contributed by atoms with Gasteiger partial charge in [-0.05, 0) is 17.3 Å². The van der Waals surface area contributed by atoms with Gasteiger partial charge in [0.15, 0.2) is 17.5 Å². The van der Waals surface area contributed by atoms with Crippen molar-refractivity contribution in [3.63, 3.8) is 0 Å². The molecule has 1 saturated heterocycles. The molecule has 1 aromatic heterocycles. The fourth-order valence-corrected chi connectivity index (χ4v) is 4.74. The third-order valence-corrected chi connectivity index (χ3v) is 6.89. The summed E-state index contributed by atoms with van der Waals surface area (Å²) in [6.07, 6.45) is 0. The Balaban J connectivity index is 1.39. The van der Waals surface area contributed by atoms with Crippen LogP contribution in [0.2, 0.25) is 0 Å². The molecule has 0 N–H and O–H groups in total. The highest BCUT2D eigenvalue weighted by atomic mass is 32.2. The van der Waals surface area contributed by atoms with Gasteiger partial charge in [-0.2, -0.15) is 9.10 Å². The Kier molecular flexibility index (Phi) is 5.93. The van der Waals surface area contributed by atoms with E-state index in [1.54, 1.807) is 12.1 Å². The first-order chi connectivity index (χ1) is 15.3. The smallest absolute Gasteiger partial charge is 0.246 e. The van der Waals surface area contributed by atoms with E-state index in [2.05, 4.69) is 15.4 Å². The van der Waals surface area contributed by atoms with E-state index < -0.39 is 32.4 Å².